The summed E-state index contributed by atoms with van der Waals surface area (Å²) in [7, 11) is 0. The van der Waals surface area contributed by atoms with Crippen molar-refractivity contribution in [3.05, 3.63) is 12.4 Å². The molecule has 0 radical (unpaired) electrons. The zero-order chi connectivity index (χ0) is 5.40. The number of hydrogen-bond donors (Lipinski definition) is 1. The Morgan fingerprint density at radius 3 is 3.62 bits per heavy atom. The molecule has 0 saturated carbocycles. The van der Waals surface area contributed by atoms with Gasteiger partial charge in [-0.2, -0.15) is 0 Å². The first kappa shape index (κ1) is 4.58. The van der Waals surface area contributed by atoms with Crippen LogP contribution in [0.1, 0.15) is 0 Å². The van der Waals surface area contributed by atoms with E-state index < -0.39 is 0 Å². The van der Waals surface area contributed by atoms with Gasteiger partial charge in [0.25, 0.3) is 0 Å². The normalized spacial score (nSPS) is 33.0. The standard InChI is InChI=1S/C5H6N2S/c1-2-7-4-8-3-5(7)6-1/h1-2H,3-4H2/p+1. The van der Waals surface area contributed by atoms with Gasteiger partial charge in [0, 0.05) is 0 Å². The largest absolute Gasteiger partial charge is 0.253 e. The van der Waals surface area contributed by atoms with Crippen molar-refractivity contribution in [2.75, 3.05) is 11.6 Å². The van der Waals surface area contributed by atoms with Crippen molar-refractivity contribution in [2.45, 2.75) is 0 Å². The Morgan fingerprint density at radius 2 is 2.75 bits per heavy atom. The van der Waals surface area contributed by atoms with Gasteiger partial charge in [0.1, 0.15) is 12.1 Å². The molecule has 0 amide bonds. The topological polar surface area (TPSA) is 16.8 Å². The van der Waals surface area contributed by atoms with E-state index in [4.69, 9.17) is 0 Å². The fraction of sp³-hybridized carbons (Fsp3) is 0.400. The van der Waals surface area contributed by atoms with Crippen LogP contribution < -0.4 is 4.90 Å². The highest BCUT2D eigenvalue weighted by Crippen LogP contribution is 2.03. The van der Waals surface area contributed by atoms with Crippen LogP contribution >= 0.6 is 11.8 Å². The molecule has 2 nitrogen and oxygen atoms in total. The quantitative estimate of drug-likeness (QED) is 0.462. The van der Waals surface area contributed by atoms with Crippen LogP contribution in [0.4, 0.5) is 0 Å². The van der Waals surface area contributed by atoms with Crippen molar-refractivity contribution in [2.24, 2.45) is 4.99 Å². The molecule has 42 valence electrons. The van der Waals surface area contributed by atoms with Crippen LogP contribution in [0.15, 0.2) is 17.4 Å². The van der Waals surface area contributed by atoms with Crippen LogP contribution in [0.5, 0.6) is 0 Å². The summed E-state index contributed by atoms with van der Waals surface area (Å²) in [5.74, 6) is 3.60. The van der Waals surface area contributed by atoms with Crippen LogP contribution in [-0.4, -0.2) is 17.5 Å². The molecule has 1 atom stereocenters. The minimum Gasteiger partial charge on any atom is -0.253 e. The summed E-state index contributed by atoms with van der Waals surface area (Å²) >= 11 is 1.95. The summed E-state index contributed by atoms with van der Waals surface area (Å²) in [6.45, 7) is 0. The SMILES string of the molecule is C1=C[NH+]2CSCC2=N1. The van der Waals surface area contributed by atoms with E-state index in [0.29, 0.717) is 0 Å². The van der Waals surface area contributed by atoms with E-state index in [0.717, 1.165) is 5.75 Å². The smallest absolute Gasteiger partial charge is 0.216 e. The molecular formula is C5H7N2S+. The van der Waals surface area contributed by atoms with Crippen LogP contribution in [0, 0.1) is 0 Å². The maximum absolute atomic E-state index is 4.18. The first-order valence-corrected chi connectivity index (χ1v) is 3.79. The molecule has 2 rings (SSSR count). The maximum Gasteiger partial charge on any atom is 0.216 e. The van der Waals surface area contributed by atoms with Gasteiger partial charge in [-0.3, -0.25) is 4.90 Å². The number of quaternary nitrogens is 1. The first-order valence-electron chi connectivity index (χ1n) is 2.64. The van der Waals surface area contributed by atoms with Gasteiger partial charge in [-0.05, 0) is 0 Å². The van der Waals surface area contributed by atoms with E-state index in [1.165, 1.54) is 16.6 Å². The molecule has 1 unspecified atom stereocenters. The predicted molar refractivity (Wildman–Crippen MR) is 34.9 cm³/mol. The van der Waals surface area contributed by atoms with Gasteiger partial charge >= 0.3 is 0 Å². The highest BCUT2D eigenvalue weighted by atomic mass is 32.2. The van der Waals surface area contributed by atoms with Crippen LogP contribution in [0.2, 0.25) is 0 Å². The van der Waals surface area contributed by atoms with Gasteiger partial charge in [0.2, 0.25) is 5.84 Å². The molecule has 0 aliphatic carbocycles. The minimum absolute atomic E-state index is 1.13. The predicted octanol–water partition coefficient (Wildman–Crippen LogP) is -0.541. The zero-order valence-corrected chi connectivity index (χ0v) is 5.24. The van der Waals surface area contributed by atoms with E-state index in [9.17, 15) is 0 Å². The van der Waals surface area contributed by atoms with Crippen molar-refractivity contribution in [1.29, 1.82) is 0 Å². The van der Waals surface area contributed by atoms with Crippen molar-refractivity contribution in [1.82, 2.24) is 0 Å². The number of hydrogen-bond acceptors (Lipinski definition) is 2. The molecular weight excluding hydrogens is 120 g/mol. The molecule has 2 heterocycles. The Bertz CT molecular complexity index is 162. The summed E-state index contributed by atoms with van der Waals surface area (Å²) in [6.07, 6.45) is 4.00. The van der Waals surface area contributed by atoms with Gasteiger partial charge in [0.05, 0.1) is 12.0 Å². The van der Waals surface area contributed by atoms with E-state index in [-0.39, 0.29) is 0 Å². The lowest BCUT2D eigenvalue weighted by molar-refractivity contribution is -0.724. The van der Waals surface area contributed by atoms with E-state index in [1.807, 2.05) is 18.0 Å². The van der Waals surface area contributed by atoms with Crippen molar-refractivity contribution in [3.8, 4) is 0 Å². The molecule has 1 saturated heterocycles. The second-order valence-corrected chi connectivity index (χ2v) is 2.90. The second-order valence-electron chi connectivity index (χ2n) is 1.91. The first-order chi connectivity index (χ1) is 3.97. The van der Waals surface area contributed by atoms with Gasteiger partial charge < -0.3 is 0 Å². The molecule has 8 heavy (non-hydrogen) atoms. The van der Waals surface area contributed by atoms with Crippen LogP contribution in [0.25, 0.3) is 0 Å². The van der Waals surface area contributed by atoms with Crippen molar-refractivity contribution >= 4 is 17.6 Å². The number of fused-ring (bicyclic) bond motifs is 1. The summed E-state index contributed by atoms with van der Waals surface area (Å²) in [5, 5.41) is 0. The summed E-state index contributed by atoms with van der Waals surface area (Å²) in [4.78, 5) is 5.62. The fourth-order valence-corrected chi connectivity index (χ4v) is 1.95. The van der Waals surface area contributed by atoms with E-state index in [2.05, 4.69) is 11.2 Å². The zero-order valence-electron chi connectivity index (χ0n) is 4.42. The summed E-state index contributed by atoms with van der Waals surface area (Å²) in [6, 6.07) is 0. The van der Waals surface area contributed by atoms with E-state index in [1.54, 1.807) is 0 Å². The monoisotopic (exact) mass is 127 g/mol. The Kier molecular flexibility index (Phi) is 0.917. The van der Waals surface area contributed by atoms with Crippen LogP contribution in [-0.2, 0) is 0 Å². The average Bonchev–Trinajstić information content (AvgIpc) is 2.15. The van der Waals surface area contributed by atoms with E-state index >= 15 is 0 Å². The van der Waals surface area contributed by atoms with Crippen LogP contribution in [0.3, 0.4) is 0 Å². The molecule has 0 aromatic carbocycles. The lowest BCUT2D eigenvalue weighted by Crippen LogP contribution is -3.07. The summed E-state index contributed by atoms with van der Waals surface area (Å²) in [5.41, 5.74) is 0. The van der Waals surface area contributed by atoms with Crippen molar-refractivity contribution in [3.63, 3.8) is 0 Å². The van der Waals surface area contributed by atoms with Crippen molar-refractivity contribution < 1.29 is 4.90 Å². The van der Waals surface area contributed by atoms with Gasteiger partial charge in [0.15, 0.2) is 0 Å². The third-order valence-corrected chi connectivity index (χ3v) is 2.37. The third kappa shape index (κ3) is 0.516. The molecule has 0 bridgehead atoms. The average molecular weight is 127 g/mol. The highest BCUT2D eigenvalue weighted by Gasteiger charge is 2.24. The lowest BCUT2D eigenvalue weighted by Gasteiger charge is -1.96. The summed E-state index contributed by atoms with van der Waals surface area (Å²) < 4.78 is 0. The Hall–Kier alpha value is -0.280. The number of rotatable bonds is 0. The molecule has 0 aromatic heterocycles. The number of aliphatic imine (C=N–C) groups is 1. The number of nitrogens with one attached hydrogen (secondary N) is 1. The number of amidine groups is 1. The Balaban J connectivity index is 2.29. The third-order valence-electron chi connectivity index (χ3n) is 1.37. The van der Waals surface area contributed by atoms with Gasteiger partial charge in [-0.1, -0.05) is 11.8 Å². The maximum atomic E-state index is 4.18. The molecule has 2 aliphatic rings. The molecule has 2 aliphatic heterocycles. The molecule has 0 spiro atoms. The molecule has 3 heteroatoms. The van der Waals surface area contributed by atoms with Gasteiger partial charge in [-0.25, -0.2) is 4.99 Å². The highest BCUT2D eigenvalue weighted by molar-refractivity contribution is 8.00. The number of nitrogens with zero attached hydrogens (tertiary/aromatic N) is 1. The fourth-order valence-electron chi connectivity index (χ4n) is 0.915. The lowest BCUT2D eigenvalue weighted by atomic mass is 10.6. The van der Waals surface area contributed by atoms with Gasteiger partial charge in [-0.15, -0.1) is 0 Å². The Morgan fingerprint density at radius 1 is 1.75 bits per heavy atom. The molecule has 1 N–H and O–H groups in total. The molecule has 1 fully saturated rings. The second kappa shape index (κ2) is 1.60. The minimum atomic E-state index is 1.13. The Labute approximate surface area is 52.3 Å². The number of thioether (sulfide) groups is 1. The molecule has 0 aromatic rings.